The Bertz CT molecular complexity index is 1320. The van der Waals surface area contributed by atoms with E-state index in [9.17, 15) is 9.59 Å². The number of rotatable bonds is 10. The topological polar surface area (TPSA) is 110 Å². The maximum atomic E-state index is 12.7. The van der Waals surface area contributed by atoms with Crippen molar-refractivity contribution in [3.05, 3.63) is 65.9 Å². The van der Waals surface area contributed by atoms with Gasteiger partial charge in [0.1, 0.15) is 18.1 Å². The highest BCUT2D eigenvalue weighted by molar-refractivity contribution is 14.1. The third-order valence-corrected chi connectivity index (χ3v) is 6.90. The van der Waals surface area contributed by atoms with Crippen LogP contribution in [-0.4, -0.2) is 43.0 Å². The van der Waals surface area contributed by atoms with Crippen molar-refractivity contribution in [2.75, 3.05) is 19.8 Å². The Morgan fingerprint density at radius 1 is 1.24 bits per heavy atom. The molecule has 1 aliphatic rings. The van der Waals surface area contributed by atoms with Gasteiger partial charge in [0, 0.05) is 11.3 Å². The lowest BCUT2D eigenvalue weighted by Gasteiger charge is -2.30. The fraction of sp³-hybridized carbons (Fsp3) is 0.231. The summed E-state index contributed by atoms with van der Waals surface area (Å²) in [7, 11) is 0. The lowest BCUT2D eigenvalue weighted by molar-refractivity contribution is -0.139. The Kier molecular flexibility index (Phi) is 11.2. The molecule has 3 N–H and O–H groups in total. The van der Waals surface area contributed by atoms with Gasteiger partial charge in [-0.25, -0.2) is 10.2 Å². The Labute approximate surface area is 253 Å². The highest BCUT2D eigenvalue weighted by Crippen LogP contribution is 2.33. The molecule has 2 aromatic rings. The van der Waals surface area contributed by atoms with E-state index in [0.717, 1.165) is 12.7 Å². The minimum atomic E-state index is -0.613. The van der Waals surface area contributed by atoms with E-state index in [1.165, 1.54) is 6.21 Å². The molecule has 12 heteroatoms. The first kappa shape index (κ1) is 29.7. The van der Waals surface area contributed by atoms with Gasteiger partial charge in [0.05, 0.1) is 31.6 Å². The van der Waals surface area contributed by atoms with E-state index < -0.39 is 17.9 Å². The van der Waals surface area contributed by atoms with E-state index in [4.69, 9.17) is 32.9 Å². The molecule has 9 nitrogen and oxygen atoms in total. The van der Waals surface area contributed by atoms with Crippen LogP contribution in [0.4, 0.5) is 0 Å². The summed E-state index contributed by atoms with van der Waals surface area (Å²) in [5.74, 6) is 2.63. The van der Waals surface area contributed by atoms with Crippen molar-refractivity contribution < 1.29 is 23.8 Å². The summed E-state index contributed by atoms with van der Waals surface area (Å²) < 4.78 is 18.3. The van der Waals surface area contributed by atoms with Gasteiger partial charge >= 0.3 is 5.97 Å². The number of nitrogens with one attached hydrogen (secondary N) is 3. The van der Waals surface area contributed by atoms with Crippen LogP contribution in [0.5, 0.6) is 11.5 Å². The van der Waals surface area contributed by atoms with Gasteiger partial charge in [0.25, 0.3) is 5.91 Å². The molecule has 3 rings (SSSR count). The number of carbonyl (C=O) groups excluding carboxylic acids is 2. The van der Waals surface area contributed by atoms with Crippen molar-refractivity contribution in [2.24, 2.45) is 5.10 Å². The molecule has 1 heterocycles. The van der Waals surface area contributed by atoms with Gasteiger partial charge in [0.2, 0.25) is 0 Å². The van der Waals surface area contributed by atoms with E-state index in [-0.39, 0.29) is 19.8 Å². The molecule has 38 heavy (non-hydrogen) atoms. The standard InChI is InChI=1S/C26H24I2N4O5S/c1-4-10-36-24-18(27)11-16(12-19(24)28)13-29-32-21(33)14-37-20-9-7-6-8-17(20)23-22(25(34)35-5-2)15(3)30-26(38)31-23/h1,6-9,11-13,23H,5,10,14H2,2-3H3,(H,32,33)(H2,30,31,38)/t23-/m1/s1. The van der Waals surface area contributed by atoms with Gasteiger partial charge in [-0.2, -0.15) is 5.10 Å². The number of allylic oxidation sites excluding steroid dienone is 1. The van der Waals surface area contributed by atoms with Crippen LogP contribution in [0.1, 0.15) is 31.0 Å². The Balaban J connectivity index is 1.68. The predicted molar refractivity (Wildman–Crippen MR) is 165 cm³/mol. The highest BCUT2D eigenvalue weighted by atomic mass is 127. The molecular weight excluding hydrogens is 734 g/mol. The highest BCUT2D eigenvalue weighted by Gasteiger charge is 2.32. The van der Waals surface area contributed by atoms with E-state index in [0.29, 0.717) is 33.4 Å². The van der Waals surface area contributed by atoms with Crippen LogP contribution >= 0.6 is 57.4 Å². The zero-order valence-electron chi connectivity index (χ0n) is 20.5. The quantitative estimate of drug-likeness (QED) is 0.0840. The molecule has 0 fully saturated rings. The molecule has 0 aliphatic carbocycles. The molecule has 0 saturated carbocycles. The summed E-state index contributed by atoms with van der Waals surface area (Å²) in [6, 6.07) is 10.2. The van der Waals surface area contributed by atoms with E-state index >= 15 is 0 Å². The molecule has 0 aromatic heterocycles. The summed E-state index contributed by atoms with van der Waals surface area (Å²) in [5, 5.41) is 10.4. The number of ether oxygens (including phenoxy) is 3. The van der Waals surface area contributed by atoms with Gasteiger partial charge in [-0.05, 0) is 95.0 Å². The number of amides is 1. The Hall–Kier alpha value is -2.90. The van der Waals surface area contributed by atoms with Gasteiger partial charge in [0.15, 0.2) is 11.7 Å². The maximum absolute atomic E-state index is 12.7. The second kappa shape index (κ2) is 14.3. The fourth-order valence-corrected chi connectivity index (χ4v) is 5.92. The van der Waals surface area contributed by atoms with Crippen molar-refractivity contribution in [1.29, 1.82) is 0 Å². The van der Waals surface area contributed by atoms with Gasteiger partial charge < -0.3 is 24.8 Å². The number of hydrazone groups is 1. The summed E-state index contributed by atoms with van der Waals surface area (Å²) in [5.41, 5.74) is 4.83. The van der Waals surface area contributed by atoms with Crippen LogP contribution in [0, 0.1) is 19.5 Å². The minimum absolute atomic E-state index is 0.180. The smallest absolute Gasteiger partial charge is 0.338 e. The number of nitrogens with zero attached hydrogens (tertiary/aromatic N) is 1. The maximum Gasteiger partial charge on any atom is 0.338 e. The normalized spacial score (nSPS) is 14.8. The number of esters is 1. The second-order valence-corrected chi connectivity index (χ2v) is 10.4. The molecule has 0 radical (unpaired) electrons. The number of halogens is 2. The number of para-hydroxylation sites is 1. The van der Waals surface area contributed by atoms with Gasteiger partial charge in [-0.3, -0.25) is 4.79 Å². The predicted octanol–water partition coefficient (Wildman–Crippen LogP) is 3.79. The van der Waals surface area contributed by atoms with Crippen LogP contribution in [0.2, 0.25) is 0 Å². The van der Waals surface area contributed by atoms with Crippen LogP contribution in [0.3, 0.4) is 0 Å². The van der Waals surface area contributed by atoms with E-state index in [1.807, 2.05) is 18.2 Å². The average Bonchev–Trinajstić information content (AvgIpc) is 2.87. The third kappa shape index (κ3) is 7.81. The molecular formula is C26H24I2N4O5S. The summed E-state index contributed by atoms with van der Waals surface area (Å²) >= 11 is 9.60. The van der Waals surface area contributed by atoms with Gasteiger partial charge in [-0.15, -0.1) is 6.42 Å². The number of hydrogen-bond acceptors (Lipinski definition) is 7. The van der Waals surface area contributed by atoms with Crippen LogP contribution in [-0.2, 0) is 14.3 Å². The van der Waals surface area contributed by atoms with Gasteiger partial charge in [-0.1, -0.05) is 24.1 Å². The van der Waals surface area contributed by atoms with Crippen molar-refractivity contribution >= 4 is 80.6 Å². The summed E-state index contributed by atoms with van der Waals surface area (Å²) in [4.78, 5) is 25.1. The monoisotopic (exact) mass is 758 g/mol. The number of benzene rings is 2. The summed E-state index contributed by atoms with van der Waals surface area (Å²) in [6.45, 7) is 3.60. The minimum Gasteiger partial charge on any atom is -0.483 e. The van der Waals surface area contributed by atoms with Crippen molar-refractivity contribution in [3.8, 4) is 23.8 Å². The first-order valence-corrected chi connectivity index (χ1v) is 13.9. The van der Waals surface area contributed by atoms with E-state index in [1.54, 1.807) is 32.0 Å². The first-order valence-electron chi connectivity index (χ1n) is 11.3. The summed E-state index contributed by atoms with van der Waals surface area (Å²) in [6.07, 6.45) is 6.79. The van der Waals surface area contributed by atoms with Crippen molar-refractivity contribution in [3.63, 3.8) is 0 Å². The largest absolute Gasteiger partial charge is 0.483 e. The van der Waals surface area contributed by atoms with Crippen LogP contribution in [0.15, 0.2) is 52.8 Å². The molecule has 0 spiro atoms. The van der Waals surface area contributed by atoms with Crippen molar-refractivity contribution in [1.82, 2.24) is 16.1 Å². The lowest BCUT2D eigenvalue weighted by Crippen LogP contribution is -2.45. The third-order valence-electron chi connectivity index (χ3n) is 5.08. The molecule has 0 unspecified atom stereocenters. The van der Waals surface area contributed by atoms with E-state index in [2.05, 4.69) is 72.3 Å². The molecule has 0 saturated heterocycles. The Morgan fingerprint density at radius 3 is 2.63 bits per heavy atom. The Morgan fingerprint density at radius 2 is 1.95 bits per heavy atom. The molecule has 1 atom stereocenters. The SMILES string of the molecule is C#CCOc1c(I)cc(C=NNC(=O)COc2ccccc2[C@H]2NC(=S)NC(C)=C2C(=O)OCC)cc1I. The van der Waals surface area contributed by atoms with Crippen LogP contribution in [0.25, 0.3) is 0 Å². The number of carbonyl (C=O) groups is 2. The molecule has 0 bridgehead atoms. The fourth-order valence-electron chi connectivity index (χ4n) is 3.52. The first-order chi connectivity index (χ1) is 18.2. The average molecular weight is 758 g/mol. The van der Waals surface area contributed by atoms with Crippen LogP contribution < -0.4 is 25.5 Å². The number of hydrogen-bond donors (Lipinski definition) is 3. The molecule has 1 aliphatic heterocycles. The zero-order chi connectivity index (χ0) is 27.7. The number of thiocarbonyl (C=S) groups is 1. The zero-order valence-corrected chi connectivity index (χ0v) is 25.6. The van der Waals surface area contributed by atoms with Crippen molar-refractivity contribution in [2.45, 2.75) is 19.9 Å². The molecule has 198 valence electrons. The lowest BCUT2D eigenvalue weighted by atomic mass is 9.95. The molecule has 2 aromatic carbocycles. The number of terminal acetylenes is 1. The molecule has 1 amide bonds. The second-order valence-electron chi connectivity index (χ2n) is 7.72.